The Morgan fingerprint density at radius 1 is 1.05 bits per heavy atom. The number of aromatic nitrogens is 2. The zero-order valence-electron chi connectivity index (χ0n) is 24.3. The minimum Gasteiger partial charge on any atom is -0.353 e. The predicted molar refractivity (Wildman–Crippen MR) is 165 cm³/mol. The minimum absolute atomic E-state index is 0. The first-order valence-electron chi connectivity index (χ1n) is 13.5. The summed E-state index contributed by atoms with van der Waals surface area (Å²) in [7, 11) is 1.79. The lowest BCUT2D eigenvalue weighted by molar-refractivity contribution is -0.145. The van der Waals surface area contributed by atoms with E-state index in [1.54, 1.807) is 19.0 Å². The van der Waals surface area contributed by atoms with Crippen LogP contribution in [0.5, 0.6) is 0 Å². The molecule has 10 nitrogen and oxygen atoms in total. The number of carbonyl (C=O) groups is 2. The molecule has 41 heavy (non-hydrogen) atoms. The quantitative estimate of drug-likeness (QED) is 0.301. The van der Waals surface area contributed by atoms with Gasteiger partial charge in [0.05, 0.1) is 13.1 Å². The van der Waals surface area contributed by atoms with Crippen LogP contribution in [0.1, 0.15) is 43.4 Å². The van der Waals surface area contributed by atoms with E-state index in [2.05, 4.69) is 53.7 Å². The first kappa shape index (κ1) is 34.0. The molecular formula is C29H41Cl2N7O3. The molecule has 0 aliphatic carbocycles. The molecule has 2 heterocycles. The van der Waals surface area contributed by atoms with Crippen LogP contribution in [0.2, 0.25) is 0 Å². The van der Waals surface area contributed by atoms with E-state index in [0.29, 0.717) is 43.9 Å². The lowest BCUT2D eigenvalue weighted by Gasteiger charge is -2.32. The third-order valence-corrected chi connectivity index (χ3v) is 6.86. The van der Waals surface area contributed by atoms with Crippen molar-refractivity contribution in [3.8, 4) is 11.4 Å². The number of hydrogen-bond donors (Lipinski definition) is 2. The van der Waals surface area contributed by atoms with E-state index >= 15 is 0 Å². The van der Waals surface area contributed by atoms with Gasteiger partial charge < -0.3 is 20.1 Å². The second-order valence-corrected chi connectivity index (χ2v) is 10.2. The third-order valence-electron chi connectivity index (χ3n) is 6.86. The Labute approximate surface area is 254 Å². The lowest BCUT2D eigenvalue weighted by Crippen LogP contribution is -2.48. The van der Waals surface area contributed by atoms with Crippen molar-refractivity contribution >= 4 is 42.3 Å². The third kappa shape index (κ3) is 8.90. The van der Waals surface area contributed by atoms with Gasteiger partial charge in [-0.2, -0.15) is 4.98 Å². The summed E-state index contributed by atoms with van der Waals surface area (Å²) in [4.78, 5) is 32.8. The second kappa shape index (κ2) is 15.7. The topological polar surface area (TPSA) is 107 Å². The molecule has 0 saturated carbocycles. The molecule has 0 radical (unpaired) electrons. The SMILES string of the molecule is CCc1ccc(-c2noc(C)n2)cc1N(CC(=O)NCCNC(C)C)CC(=O)N(C)N1Cc2ccccc2C1.Cl.Cl. The lowest BCUT2D eigenvalue weighted by atomic mass is 10.0. The summed E-state index contributed by atoms with van der Waals surface area (Å²) in [5.74, 6) is 0.701. The number of hydrazine groups is 1. The van der Waals surface area contributed by atoms with Crippen molar-refractivity contribution in [3.63, 3.8) is 0 Å². The van der Waals surface area contributed by atoms with Crippen LogP contribution < -0.4 is 15.5 Å². The maximum atomic E-state index is 13.6. The number of aryl methyl sites for hydroxylation is 2. The number of nitrogens with zero attached hydrogens (tertiary/aromatic N) is 5. The second-order valence-electron chi connectivity index (χ2n) is 10.2. The smallest absolute Gasteiger partial charge is 0.256 e. The van der Waals surface area contributed by atoms with Crippen LogP contribution in [0.15, 0.2) is 47.0 Å². The fourth-order valence-electron chi connectivity index (χ4n) is 4.68. The molecule has 0 fully saturated rings. The van der Waals surface area contributed by atoms with E-state index < -0.39 is 0 Å². The Hall–Kier alpha value is -3.18. The summed E-state index contributed by atoms with van der Waals surface area (Å²) in [6.07, 6.45) is 0.739. The first-order valence-corrected chi connectivity index (χ1v) is 13.5. The summed E-state index contributed by atoms with van der Waals surface area (Å²) >= 11 is 0. The molecule has 3 aromatic rings. The molecule has 0 atom stereocenters. The molecule has 1 aromatic heterocycles. The molecule has 4 rings (SSSR count). The maximum absolute atomic E-state index is 13.6. The van der Waals surface area contributed by atoms with Gasteiger partial charge in [-0.05, 0) is 29.2 Å². The summed E-state index contributed by atoms with van der Waals surface area (Å²) in [6.45, 7) is 10.6. The fourth-order valence-corrected chi connectivity index (χ4v) is 4.68. The van der Waals surface area contributed by atoms with Crippen LogP contribution in [-0.4, -0.2) is 71.2 Å². The maximum Gasteiger partial charge on any atom is 0.256 e. The number of carbonyl (C=O) groups excluding carboxylic acids is 2. The summed E-state index contributed by atoms with van der Waals surface area (Å²) in [6, 6.07) is 14.4. The monoisotopic (exact) mass is 605 g/mol. The van der Waals surface area contributed by atoms with E-state index in [0.717, 1.165) is 23.2 Å². The van der Waals surface area contributed by atoms with Crippen LogP contribution in [-0.2, 0) is 29.1 Å². The summed E-state index contributed by atoms with van der Waals surface area (Å²) in [5, 5.41) is 14.0. The highest BCUT2D eigenvalue weighted by Crippen LogP contribution is 2.28. The van der Waals surface area contributed by atoms with E-state index in [1.165, 1.54) is 11.1 Å². The molecule has 1 aliphatic rings. The predicted octanol–water partition coefficient (Wildman–Crippen LogP) is 3.76. The molecule has 1 aliphatic heterocycles. The zero-order chi connectivity index (χ0) is 27.9. The van der Waals surface area contributed by atoms with Crippen LogP contribution in [0.3, 0.4) is 0 Å². The van der Waals surface area contributed by atoms with Crippen molar-refractivity contribution in [1.29, 1.82) is 0 Å². The number of fused-ring (bicyclic) bond motifs is 1. The van der Waals surface area contributed by atoms with Crippen molar-refractivity contribution in [2.45, 2.75) is 53.2 Å². The van der Waals surface area contributed by atoms with E-state index in [1.807, 2.05) is 40.2 Å². The number of rotatable bonds is 12. The molecule has 12 heteroatoms. The van der Waals surface area contributed by atoms with Gasteiger partial charge in [0.1, 0.15) is 0 Å². The van der Waals surface area contributed by atoms with E-state index in [-0.39, 0.29) is 49.7 Å². The van der Waals surface area contributed by atoms with Gasteiger partial charge in [-0.3, -0.25) is 14.6 Å². The highest BCUT2D eigenvalue weighted by molar-refractivity contribution is 5.87. The van der Waals surface area contributed by atoms with E-state index in [9.17, 15) is 9.59 Å². The van der Waals surface area contributed by atoms with Gasteiger partial charge in [-0.15, -0.1) is 24.8 Å². The molecule has 2 aromatic carbocycles. The minimum atomic E-state index is -0.146. The Bertz CT molecular complexity index is 1280. The van der Waals surface area contributed by atoms with Gasteiger partial charge in [0.2, 0.25) is 17.6 Å². The molecule has 0 bridgehead atoms. The van der Waals surface area contributed by atoms with Crippen LogP contribution >= 0.6 is 24.8 Å². The molecule has 2 amide bonds. The van der Waals surface area contributed by atoms with Crippen LogP contribution in [0, 0.1) is 6.92 Å². The molecule has 0 saturated heterocycles. The zero-order valence-corrected chi connectivity index (χ0v) is 26.0. The highest BCUT2D eigenvalue weighted by Gasteiger charge is 2.27. The molecule has 224 valence electrons. The normalized spacial score (nSPS) is 12.3. The number of amides is 2. The Morgan fingerprint density at radius 3 is 2.32 bits per heavy atom. The molecule has 0 unspecified atom stereocenters. The van der Waals surface area contributed by atoms with Gasteiger partial charge in [-0.1, -0.05) is 62.3 Å². The number of halogens is 2. The van der Waals surface area contributed by atoms with Crippen molar-refractivity contribution in [3.05, 3.63) is 65.0 Å². The van der Waals surface area contributed by atoms with Crippen LogP contribution in [0.4, 0.5) is 5.69 Å². The summed E-state index contributed by atoms with van der Waals surface area (Å²) < 4.78 is 5.18. The van der Waals surface area contributed by atoms with Crippen molar-refractivity contribution in [1.82, 2.24) is 30.8 Å². The van der Waals surface area contributed by atoms with Gasteiger partial charge in [0, 0.05) is 57.4 Å². The average Bonchev–Trinajstić information content (AvgIpc) is 3.56. The molecule has 0 spiro atoms. The number of benzene rings is 2. The van der Waals surface area contributed by atoms with Crippen molar-refractivity contribution in [2.75, 3.05) is 38.1 Å². The van der Waals surface area contributed by atoms with Gasteiger partial charge in [0.25, 0.3) is 5.91 Å². The van der Waals surface area contributed by atoms with Gasteiger partial charge >= 0.3 is 0 Å². The Kier molecular flexibility index (Phi) is 13.0. The van der Waals surface area contributed by atoms with Crippen LogP contribution in [0.25, 0.3) is 11.4 Å². The summed E-state index contributed by atoms with van der Waals surface area (Å²) in [5.41, 5.74) is 5.04. The fraction of sp³-hybridized carbons (Fsp3) is 0.448. The van der Waals surface area contributed by atoms with Crippen molar-refractivity contribution < 1.29 is 14.1 Å². The number of likely N-dealkylation sites (N-methyl/N-ethyl adjacent to an activating group) is 1. The Morgan fingerprint density at radius 2 is 1.73 bits per heavy atom. The van der Waals surface area contributed by atoms with Gasteiger partial charge in [0.15, 0.2) is 0 Å². The average molecular weight is 607 g/mol. The first-order chi connectivity index (χ1) is 18.7. The largest absolute Gasteiger partial charge is 0.353 e. The standard InChI is InChI=1S/C29H39N7O3.2ClH/c1-6-22-11-12-23(29-32-21(4)39-33-29)15-26(22)35(18-27(37)31-14-13-30-20(2)3)19-28(38)34(5)36-16-24-9-7-8-10-25(24)17-36;;/h7-12,15,20,30H,6,13-14,16-19H2,1-5H3,(H,31,37);2*1H. The van der Waals surface area contributed by atoms with Gasteiger partial charge in [-0.25, -0.2) is 5.01 Å². The van der Waals surface area contributed by atoms with Crippen molar-refractivity contribution in [2.24, 2.45) is 0 Å². The number of nitrogens with one attached hydrogen (secondary N) is 2. The molecular weight excluding hydrogens is 565 g/mol. The van der Waals surface area contributed by atoms with E-state index in [4.69, 9.17) is 4.52 Å². The number of hydrogen-bond acceptors (Lipinski definition) is 8. The highest BCUT2D eigenvalue weighted by atomic mass is 35.5. The number of anilines is 1. The Balaban J connectivity index is 0.00000294. The molecule has 2 N–H and O–H groups in total.